The first-order valence-corrected chi connectivity index (χ1v) is 4.69. The monoisotopic (exact) mass is 237 g/mol. The summed E-state index contributed by atoms with van der Waals surface area (Å²) in [6.45, 7) is 0. The second kappa shape index (κ2) is 3.26. The van der Waals surface area contributed by atoms with Crippen molar-refractivity contribution in [3.8, 4) is 17.0 Å². The maximum atomic E-state index is 9.57. The molecule has 1 aromatic carbocycles. The Bertz CT molecular complexity index is 422. The predicted molar refractivity (Wildman–Crippen MR) is 55.6 cm³/mol. The molecule has 0 aliphatic heterocycles. The van der Waals surface area contributed by atoms with E-state index >= 15 is 0 Å². The van der Waals surface area contributed by atoms with Gasteiger partial charge >= 0.3 is 0 Å². The summed E-state index contributed by atoms with van der Waals surface area (Å²) in [4.78, 5) is 3.06. The minimum absolute atomic E-state index is 0.283. The van der Waals surface area contributed by atoms with E-state index in [0.29, 0.717) is 0 Å². The second-order valence-corrected chi connectivity index (χ2v) is 3.57. The van der Waals surface area contributed by atoms with Gasteiger partial charge in [-0.2, -0.15) is 0 Å². The second-order valence-electron chi connectivity index (χ2n) is 2.72. The van der Waals surface area contributed by atoms with Crippen LogP contribution in [0.15, 0.2) is 41.0 Å². The fourth-order valence-corrected chi connectivity index (χ4v) is 1.70. The van der Waals surface area contributed by atoms with Gasteiger partial charge in [0.25, 0.3) is 0 Å². The molecule has 0 aliphatic carbocycles. The molecule has 1 heterocycles. The van der Waals surface area contributed by atoms with Crippen molar-refractivity contribution in [2.45, 2.75) is 0 Å². The molecule has 0 saturated carbocycles. The zero-order valence-electron chi connectivity index (χ0n) is 6.79. The van der Waals surface area contributed by atoms with Crippen molar-refractivity contribution in [2.75, 3.05) is 0 Å². The Morgan fingerprint density at radius 3 is 2.54 bits per heavy atom. The van der Waals surface area contributed by atoms with Crippen LogP contribution in [-0.2, 0) is 0 Å². The number of hydrogen-bond donors (Lipinski definition) is 2. The summed E-state index contributed by atoms with van der Waals surface area (Å²) < 4.78 is 0.953. The van der Waals surface area contributed by atoms with Gasteiger partial charge in [-0.1, -0.05) is 12.1 Å². The van der Waals surface area contributed by atoms with Crippen LogP contribution in [0.3, 0.4) is 0 Å². The van der Waals surface area contributed by atoms with Gasteiger partial charge in [-0.15, -0.1) is 0 Å². The molecule has 13 heavy (non-hydrogen) atoms. The van der Waals surface area contributed by atoms with Crippen LogP contribution in [0.2, 0.25) is 0 Å². The number of halogens is 1. The summed E-state index contributed by atoms with van der Waals surface area (Å²) in [6.07, 6.45) is 1.83. The van der Waals surface area contributed by atoms with Crippen LogP contribution < -0.4 is 0 Å². The molecule has 2 rings (SSSR count). The van der Waals surface area contributed by atoms with Gasteiger partial charge in [0.15, 0.2) is 0 Å². The van der Waals surface area contributed by atoms with Crippen molar-refractivity contribution in [1.82, 2.24) is 4.98 Å². The highest BCUT2D eigenvalue weighted by Gasteiger charge is 2.06. The number of H-pyrrole nitrogens is 1. The number of rotatable bonds is 1. The van der Waals surface area contributed by atoms with Crippen LogP contribution in [0.1, 0.15) is 0 Å². The fraction of sp³-hybridized carbons (Fsp3) is 0. The van der Waals surface area contributed by atoms with E-state index in [9.17, 15) is 5.11 Å². The van der Waals surface area contributed by atoms with Crippen molar-refractivity contribution in [3.63, 3.8) is 0 Å². The van der Waals surface area contributed by atoms with E-state index in [1.54, 1.807) is 12.1 Å². The molecule has 0 unspecified atom stereocenters. The lowest BCUT2D eigenvalue weighted by Gasteiger charge is -2.01. The van der Waals surface area contributed by atoms with Crippen LogP contribution in [0, 0.1) is 0 Å². The number of hydrogen-bond acceptors (Lipinski definition) is 1. The molecule has 2 aromatic rings. The molecule has 0 spiro atoms. The average molecular weight is 238 g/mol. The summed E-state index contributed by atoms with van der Waals surface area (Å²) in [7, 11) is 0. The van der Waals surface area contributed by atoms with Crippen LogP contribution in [0.25, 0.3) is 11.3 Å². The molecular formula is C10H8BrNO. The zero-order valence-corrected chi connectivity index (χ0v) is 8.38. The van der Waals surface area contributed by atoms with Crippen LogP contribution >= 0.6 is 15.9 Å². The number of aromatic nitrogens is 1. The third-order valence-electron chi connectivity index (χ3n) is 1.87. The Hall–Kier alpha value is -1.22. The lowest BCUT2D eigenvalue weighted by Crippen LogP contribution is -1.78. The largest absolute Gasteiger partial charge is 0.507 e. The van der Waals surface area contributed by atoms with E-state index in [1.807, 2.05) is 24.4 Å². The van der Waals surface area contributed by atoms with Gasteiger partial charge in [0.05, 0.1) is 5.69 Å². The minimum atomic E-state index is 0.283. The van der Waals surface area contributed by atoms with Gasteiger partial charge in [0.1, 0.15) is 5.75 Å². The van der Waals surface area contributed by atoms with Crippen molar-refractivity contribution in [1.29, 1.82) is 0 Å². The highest BCUT2D eigenvalue weighted by Crippen LogP contribution is 2.32. The molecule has 0 radical (unpaired) electrons. The smallest absolute Gasteiger partial charge is 0.124 e. The molecule has 0 saturated heterocycles. The summed E-state index contributed by atoms with van der Waals surface area (Å²) in [5, 5.41) is 9.57. The van der Waals surface area contributed by atoms with Crippen LogP contribution in [-0.4, -0.2) is 10.1 Å². The number of phenols is 1. The number of phenolic OH excluding ortho intramolecular Hbond substituents is 1. The van der Waals surface area contributed by atoms with E-state index < -0.39 is 0 Å². The SMILES string of the molecule is Oc1ccccc1-c1[nH]ccc1Br. The first kappa shape index (κ1) is 8.38. The Balaban J connectivity index is 2.59. The Labute approximate surface area is 84.4 Å². The molecule has 0 atom stereocenters. The Kier molecular flexibility index (Phi) is 2.10. The molecule has 2 nitrogen and oxygen atoms in total. The van der Waals surface area contributed by atoms with Gasteiger partial charge in [-0.3, -0.25) is 0 Å². The highest BCUT2D eigenvalue weighted by atomic mass is 79.9. The number of nitrogens with one attached hydrogen (secondary N) is 1. The van der Waals surface area contributed by atoms with Crippen molar-refractivity contribution in [3.05, 3.63) is 41.0 Å². The maximum absolute atomic E-state index is 9.57. The first-order chi connectivity index (χ1) is 6.29. The summed E-state index contributed by atoms with van der Waals surface area (Å²) in [5.41, 5.74) is 1.71. The van der Waals surface area contributed by atoms with E-state index in [4.69, 9.17) is 0 Å². The predicted octanol–water partition coefficient (Wildman–Crippen LogP) is 3.15. The topological polar surface area (TPSA) is 36.0 Å². The van der Waals surface area contributed by atoms with E-state index in [0.717, 1.165) is 15.7 Å². The molecule has 0 fully saturated rings. The molecule has 0 aliphatic rings. The van der Waals surface area contributed by atoms with Crippen molar-refractivity contribution in [2.24, 2.45) is 0 Å². The van der Waals surface area contributed by atoms with Crippen LogP contribution in [0.4, 0.5) is 0 Å². The molecule has 66 valence electrons. The van der Waals surface area contributed by atoms with Crippen molar-refractivity contribution < 1.29 is 5.11 Å². The molecule has 0 bridgehead atoms. The zero-order chi connectivity index (χ0) is 9.26. The van der Waals surface area contributed by atoms with E-state index in [-0.39, 0.29) is 5.75 Å². The fourth-order valence-electron chi connectivity index (χ4n) is 1.24. The van der Waals surface area contributed by atoms with Crippen molar-refractivity contribution >= 4 is 15.9 Å². The molecule has 3 heteroatoms. The van der Waals surface area contributed by atoms with Gasteiger partial charge < -0.3 is 10.1 Å². The van der Waals surface area contributed by atoms with Gasteiger partial charge in [0.2, 0.25) is 0 Å². The number of aromatic hydroxyl groups is 1. The van der Waals surface area contributed by atoms with Gasteiger partial charge in [-0.05, 0) is 34.1 Å². The molecule has 1 aromatic heterocycles. The van der Waals surface area contributed by atoms with E-state index in [2.05, 4.69) is 20.9 Å². The lowest BCUT2D eigenvalue weighted by molar-refractivity contribution is 0.477. The van der Waals surface area contributed by atoms with Gasteiger partial charge in [0, 0.05) is 16.2 Å². The number of benzene rings is 1. The Morgan fingerprint density at radius 2 is 1.92 bits per heavy atom. The Morgan fingerprint density at radius 1 is 1.15 bits per heavy atom. The quantitative estimate of drug-likeness (QED) is 0.786. The number of aromatic amines is 1. The summed E-state index contributed by atoms with van der Waals surface area (Å²) in [6, 6.07) is 9.13. The normalized spacial score (nSPS) is 10.2. The van der Waals surface area contributed by atoms with Gasteiger partial charge in [-0.25, -0.2) is 0 Å². The molecule has 0 amide bonds. The third-order valence-corrected chi connectivity index (χ3v) is 2.53. The maximum Gasteiger partial charge on any atom is 0.124 e. The highest BCUT2D eigenvalue weighted by molar-refractivity contribution is 9.10. The van der Waals surface area contributed by atoms with Crippen LogP contribution in [0.5, 0.6) is 5.75 Å². The standard InChI is InChI=1S/C10H8BrNO/c11-8-5-6-12-10(8)7-3-1-2-4-9(7)13/h1-6,12-13H. The number of para-hydroxylation sites is 1. The minimum Gasteiger partial charge on any atom is -0.507 e. The third kappa shape index (κ3) is 1.47. The van der Waals surface area contributed by atoms with E-state index in [1.165, 1.54) is 0 Å². The molecular weight excluding hydrogens is 230 g/mol. The summed E-state index contributed by atoms with van der Waals surface area (Å²) >= 11 is 3.39. The lowest BCUT2D eigenvalue weighted by atomic mass is 10.1. The first-order valence-electron chi connectivity index (χ1n) is 3.90. The average Bonchev–Trinajstić information content (AvgIpc) is 2.52. The summed E-state index contributed by atoms with van der Waals surface area (Å²) in [5.74, 6) is 0.283. The molecule has 2 N–H and O–H groups in total.